The van der Waals surface area contributed by atoms with Crippen molar-refractivity contribution in [2.24, 2.45) is 7.05 Å². The molecule has 0 aliphatic rings. The zero-order valence-electron chi connectivity index (χ0n) is 12.4. The van der Waals surface area contributed by atoms with Crippen LogP contribution in [0.4, 0.5) is 5.13 Å². The van der Waals surface area contributed by atoms with E-state index in [0.717, 1.165) is 15.8 Å². The molecule has 1 N–H and O–H groups in total. The number of aryl methyl sites for hydroxylation is 2. The Morgan fingerprint density at radius 2 is 2.27 bits per heavy atom. The Morgan fingerprint density at radius 1 is 1.45 bits per heavy atom. The number of carbonyl (C=O) groups excluding carboxylic acids is 1. The lowest BCUT2D eigenvalue weighted by molar-refractivity contribution is -0.115. The number of thioether (sulfide) groups is 1. The molecule has 0 radical (unpaired) electrons. The number of thiazole rings is 1. The number of amides is 1. The molecular formula is C14H15N5OS2. The molecule has 1 aromatic carbocycles. The van der Waals surface area contributed by atoms with Gasteiger partial charge in [-0.2, -0.15) is 0 Å². The van der Waals surface area contributed by atoms with E-state index in [1.807, 2.05) is 39.1 Å². The van der Waals surface area contributed by atoms with Crippen LogP contribution in [0, 0.1) is 6.92 Å². The summed E-state index contributed by atoms with van der Waals surface area (Å²) in [5, 5.41) is 11.7. The van der Waals surface area contributed by atoms with Crippen LogP contribution in [0.3, 0.4) is 0 Å². The summed E-state index contributed by atoms with van der Waals surface area (Å²) in [4.78, 5) is 16.8. The van der Waals surface area contributed by atoms with Crippen molar-refractivity contribution >= 4 is 44.4 Å². The quantitative estimate of drug-likeness (QED) is 0.743. The summed E-state index contributed by atoms with van der Waals surface area (Å²) in [7, 11) is 1.85. The van der Waals surface area contributed by atoms with Crippen LogP contribution in [0.5, 0.6) is 0 Å². The Morgan fingerprint density at radius 3 is 2.95 bits per heavy atom. The van der Waals surface area contributed by atoms with E-state index in [1.54, 1.807) is 10.9 Å². The smallest absolute Gasteiger partial charge is 0.239 e. The highest BCUT2D eigenvalue weighted by molar-refractivity contribution is 8.00. The first kappa shape index (κ1) is 15.0. The van der Waals surface area contributed by atoms with Gasteiger partial charge in [0.2, 0.25) is 5.91 Å². The summed E-state index contributed by atoms with van der Waals surface area (Å²) >= 11 is 2.85. The van der Waals surface area contributed by atoms with Gasteiger partial charge in [0.1, 0.15) is 6.33 Å². The molecule has 0 bridgehead atoms. The molecule has 22 heavy (non-hydrogen) atoms. The van der Waals surface area contributed by atoms with E-state index in [4.69, 9.17) is 0 Å². The van der Waals surface area contributed by atoms with Gasteiger partial charge < -0.3 is 9.88 Å². The van der Waals surface area contributed by atoms with E-state index in [0.29, 0.717) is 10.3 Å². The standard InChI is InChI=1S/C14H15N5OS2/c1-8-5-4-6-10-11(8)16-13(22-10)17-12(20)9(2)21-14-18-15-7-19(14)3/h4-7,9H,1-3H3,(H,16,17,20). The van der Waals surface area contributed by atoms with Crippen LogP contribution in [-0.4, -0.2) is 30.9 Å². The second-order valence-electron chi connectivity index (χ2n) is 4.91. The fourth-order valence-electron chi connectivity index (χ4n) is 1.94. The molecule has 2 heterocycles. The van der Waals surface area contributed by atoms with Crippen LogP contribution >= 0.6 is 23.1 Å². The van der Waals surface area contributed by atoms with Crippen molar-refractivity contribution in [1.82, 2.24) is 19.7 Å². The number of hydrogen-bond donors (Lipinski definition) is 1. The predicted octanol–water partition coefficient (Wildman–Crippen LogP) is 2.85. The van der Waals surface area contributed by atoms with Crippen molar-refractivity contribution < 1.29 is 4.79 Å². The first-order chi connectivity index (χ1) is 10.5. The van der Waals surface area contributed by atoms with Gasteiger partial charge in [0.25, 0.3) is 0 Å². The van der Waals surface area contributed by atoms with E-state index in [-0.39, 0.29) is 11.2 Å². The first-order valence-corrected chi connectivity index (χ1v) is 8.42. The van der Waals surface area contributed by atoms with Crippen molar-refractivity contribution in [1.29, 1.82) is 0 Å². The molecule has 0 saturated heterocycles. The summed E-state index contributed by atoms with van der Waals surface area (Å²) < 4.78 is 2.86. The molecule has 3 aromatic rings. The lowest BCUT2D eigenvalue weighted by Crippen LogP contribution is -2.22. The second kappa shape index (κ2) is 6.05. The number of hydrogen-bond acceptors (Lipinski definition) is 6. The van der Waals surface area contributed by atoms with E-state index >= 15 is 0 Å². The minimum atomic E-state index is -0.281. The van der Waals surface area contributed by atoms with Crippen molar-refractivity contribution in [3.05, 3.63) is 30.1 Å². The topological polar surface area (TPSA) is 72.7 Å². The zero-order valence-corrected chi connectivity index (χ0v) is 14.0. The van der Waals surface area contributed by atoms with Gasteiger partial charge in [-0.1, -0.05) is 35.2 Å². The van der Waals surface area contributed by atoms with Crippen LogP contribution in [0.1, 0.15) is 12.5 Å². The highest BCUT2D eigenvalue weighted by Crippen LogP contribution is 2.29. The molecule has 1 unspecified atom stereocenters. The third kappa shape index (κ3) is 2.97. The Bertz CT molecular complexity index is 826. The Labute approximate surface area is 136 Å². The number of anilines is 1. The molecule has 6 nitrogen and oxygen atoms in total. The summed E-state index contributed by atoms with van der Waals surface area (Å²) in [6.45, 7) is 3.85. The number of aromatic nitrogens is 4. The van der Waals surface area contributed by atoms with Crippen LogP contribution in [0.2, 0.25) is 0 Å². The molecule has 1 amide bonds. The van der Waals surface area contributed by atoms with Crippen LogP contribution in [0.25, 0.3) is 10.2 Å². The average Bonchev–Trinajstić information content (AvgIpc) is 3.06. The van der Waals surface area contributed by atoms with Crippen LogP contribution in [-0.2, 0) is 11.8 Å². The molecule has 0 saturated carbocycles. The maximum Gasteiger partial charge on any atom is 0.239 e. The van der Waals surface area contributed by atoms with Gasteiger partial charge in [-0.3, -0.25) is 4.79 Å². The largest absolute Gasteiger partial charge is 0.312 e. The third-order valence-electron chi connectivity index (χ3n) is 3.17. The molecule has 3 rings (SSSR count). The average molecular weight is 333 g/mol. The Kier molecular flexibility index (Phi) is 4.12. The molecule has 0 fully saturated rings. The summed E-state index contributed by atoms with van der Waals surface area (Å²) in [6, 6.07) is 6.02. The normalized spacial score (nSPS) is 12.5. The Balaban J connectivity index is 1.72. The zero-order chi connectivity index (χ0) is 15.7. The van der Waals surface area contributed by atoms with Crippen molar-refractivity contribution in [3.8, 4) is 0 Å². The van der Waals surface area contributed by atoms with E-state index in [2.05, 4.69) is 20.5 Å². The number of nitrogens with one attached hydrogen (secondary N) is 1. The fourth-order valence-corrected chi connectivity index (χ4v) is 3.67. The number of para-hydroxylation sites is 1. The van der Waals surface area contributed by atoms with Crippen molar-refractivity contribution in [3.63, 3.8) is 0 Å². The number of carbonyl (C=O) groups is 1. The monoisotopic (exact) mass is 333 g/mol. The summed E-state index contributed by atoms with van der Waals surface area (Å²) in [5.74, 6) is -0.0929. The number of rotatable bonds is 4. The maximum atomic E-state index is 12.3. The van der Waals surface area contributed by atoms with Crippen LogP contribution in [0.15, 0.2) is 29.7 Å². The molecule has 114 valence electrons. The lowest BCUT2D eigenvalue weighted by atomic mass is 10.2. The van der Waals surface area contributed by atoms with Gasteiger partial charge in [-0.25, -0.2) is 4.98 Å². The highest BCUT2D eigenvalue weighted by atomic mass is 32.2. The summed E-state index contributed by atoms with van der Waals surface area (Å²) in [5.41, 5.74) is 2.05. The molecule has 1 atom stereocenters. The fraction of sp³-hybridized carbons (Fsp3) is 0.286. The van der Waals surface area contributed by atoms with Crippen LogP contribution < -0.4 is 5.32 Å². The molecular weight excluding hydrogens is 318 g/mol. The van der Waals surface area contributed by atoms with E-state index in [1.165, 1.54) is 23.1 Å². The number of benzene rings is 1. The third-order valence-corrected chi connectivity index (χ3v) is 5.26. The molecule has 8 heteroatoms. The predicted molar refractivity (Wildman–Crippen MR) is 89.3 cm³/mol. The lowest BCUT2D eigenvalue weighted by Gasteiger charge is -2.09. The highest BCUT2D eigenvalue weighted by Gasteiger charge is 2.18. The summed E-state index contributed by atoms with van der Waals surface area (Å²) in [6.07, 6.45) is 1.61. The first-order valence-electron chi connectivity index (χ1n) is 6.72. The van der Waals surface area contributed by atoms with Crippen molar-refractivity contribution in [2.75, 3.05) is 5.32 Å². The minimum absolute atomic E-state index is 0.0929. The van der Waals surface area contributed by atoms with Gasteiger partial charge >= 0.3 is 0 Å². The Hall–Kier alpha value is -1.93. The second-order valence-corrected chi connectivity index (χ2v) is 7.25. The number of nitrogens with zero attached hydrogens (tertiary/aromatic N) is 4. The number of fused-ring (bicyclic) bond motifs is 1. The van der Waals surface area contributed by atoms with Gasteiger partial charge in [0.05, 0.1) is 15.5 Å². The SMILES string of the molecule is Cc1cccc2sc(NC(=O)C(C)Sc3nncn3C)nc12. The maximum absolute atomic E-state index is 12.3. The van der Waals surface area contributed by atoms with Crippen molar-refractivity contribution in [2.45, 2.75) is 24.3 Å². The minimum Gasteiger partial charge on any atom is -0.312 e. The molecule has 0 aliphatic carbocycles. The molecule has 0 spiro atoms. The van der Waals surface area contributed by atoms with Gasteiger partial charge in [0.15, 0.2) is 10.3 Å². The van der Waals surface area contributed by atoms with E-state index in [9.17, 15) is 4.79 Å². The van der Waals surface area contributed by atoms with E-state index < -0.39 is 0 Å². The van der Waals surface area contributed by atoms with Gasteiger partial charge in [-0.15, -0.1) is 10.2 Å². The molecule has 2 aromatic heterocycles. The van der Waals surface area contributed by atoms with Gasteiger partial charge in [-0.05, 0) is 25.5 Å². The molecule has 0 aliphatic heterocycles. The van der Waals surface area contributed by atoms with Gasteiger partial charge in [0, 0.05) is 7.05 Å².